The standard InChI is InChI=1S/C14H22N4O3/c1-10(2)18-8-6-15-12(18)13(19)17-7-5-11(9-17)21-14(20)16(3)4/h6,8,10-11H,5,7,9H2,1-4H3. The van der Waals surface area contributed by atoms with Crippen LogP contribution < -0.4 is 0 Å². The molecule has 1 fully saturated rings. The highest BCUT2D eigenvalue weighted by atomic mass is 16.6. The van der Waals surface area contributed by atoms with Gasteiger partial charge in [-0.15, -0.1) is 0 Å². The summed E-state index contributed by atoms with van der Waals surface area (Å²) >= 11 is 0. The molecule has 0 radical (unpaired) electrons. The van der Waals surface area contributed by atoms with Gasteiger partial charge in [0, 0.05) is 45.5 Å². The van der Waals surface area contributed by atoms with Crippen molar-refractivity contribution < 1.29 is 14.3 Å². The number of aromatic nitrogens is 2. The van der Waals surface area contributed by atoms with Crippen LogP contribution in [0.15, 0.2) is 12.4 Å². The van der Waals surface area contributed by atoms with Gasteiger partial charge in [0.05, 0.1) is 6.54 Å². The molecule has 7 nitrogen and oxygen atoms in total. The number of carbonyl (C=O) groups is 2. The second-order valence-corrected chi connectivity index (χ2v) is 5.69. The first kappa shape index (κ1) is 15.3. The molecule has 1 saturated heterocycles. The van der Waals surface area contributed by atoms with Crippen molar-refractivity contribution in [1.82, 2.24) is 19.4 Å². The van der Waals surface area contributed by atoms with E-state index in [1.54, 1.807) is 31.4 Å². The van der Waals surface area contributed by atoms with Crippen LogP contribution in [0.1, 0.15) is 36.9 Å². The average molecular weight is 294 g/mol. The lowest BCUT2D eigenvalue weighted by molar-refractivity contribution is 0.0654. The van der Waals surface area contributed by atoms with E-state index in [0.29, 0.717) is 25.3 Å². The Balaban J connectivity index is 1.99. The first-order valence-electron chi connectivity index (χ1n) is 7.10. The molecule has 1 aromatic heterocycles. The Morgan fingerprint density at radius 1 is 1.43 bits per heavy atom. The Hall–Kier alpha value is -2.05. The fraction of sp³-hybridized carbons (Fsp3) is 0.643. The van der Waals surface area contributed by atoms with E-state index in [9.17, 15) is 9.59 Å². The maximum absolute atomic E-state index is 12.5. The molecule has 1 aliphatic heterocycles. The first-order chi connectivity index (χ1) is 9.90. The lowest BCUT2D eigenvalue weighted by atomic mass is 10.3. The van der Waals surface area contributed by atoms with Crippen LogP contribution in [0.3, 0.4) is 0 Å². The molecule has 0 N–H and O–H groups in total. The van der Waals surface area contributed by atoms with Crippen molar-refractivity contribution in [3.05, 3.63) is 18.2 Å². The number of nitrogens with zero attached hydrogens (tertiary/aromatic N) is 4. The van der Waals surface area contributed by atoms with E-state index in [0.717, 1.165) is 0 Å². The molecule has 2 rings (SSSR count). The lowest BCUT2D eigenvalue weighted by Crippen LogP contribution is -2.34. The second-order valence-electron chi connectivity index (χ2n) is 5.69. The monoisotopic (exact) mass is 294 g/mol. The molecule has 0 spiro atoms. The summed E-state index contributed by atoms with van der Waals surface area (Å²) in [7, 11) is 3.28. The molecule has 7 heteroatoms. The SMILES string of the molecule is CC(C)n1ccnc1C(=O)N1CCC(OC(=O)N(C)C)C1. The topological polar surface area (TPSA) is 67.7 Å². The van der Waals surface area contributed by atoms with E-state index in [-0.39, 0.29) is 24.1 Å². The maximum Gasteiger partial charge on any atom is 0.409 e. The third kappa shape index (κ3) is 3.34. The van der Waals surface area contributed by atoms with Crippen LogP contribution in [-0.4, -0.2) is 64.6 Å². The molecule has 116 valence electrons. The quantitative estimate of drug-likeness (QED) is 0.844. The van der Waals surface area contributed by atoms with Gasteiger partial charge in [-0.3, -0.25) is 4.79 Å². The van der Waals surface area contributed by atoms with E-state index in [1.165, 1.54) is 4.90 Å². The summed E-state index contributed by atoms with van der Waals surface area (Å²) in [5, 5.41) is 0. The molecule has 0 bridgehead atoms. The van der Waals surface area contributed by atoms with Crippen LogP contribution in [-0.2, 0) is 4.74 Å². The van der Waals surface area contributed by atoms with E-state index in [1.807, 2.05) is 18.4 Å². The van der Waals surface area contributed by atoms with Gasteiger partial charge in [0.25, 0.3) is 5.91 Å². The number of hydrogen-bond acceptors (Lipinski definition) is 4. The number of ether oxygens (including phenoxy) is 1. The van der Waals surface area contributed by atoms with Gasteiger partial charge in [-0.1, -0.05) is 0 Å². The van der Waals surface area contributed by atoms with Crippen LogP contribution in [0.4, 0.5) is 4.79 Å². The number of rotatable bonds is 3. The summed E-state index contributed by atoms with van der Waals surface area (Å²) in [6.45, 7) is 5.01. The predicted molar refractivity (Wildman–Crippen MR) is 77.1 cm³/mol. The summed E-state index contributed by atoms with van der Waals surface area (Å²) in [6, 6.07) is 0.177. The van der Waals surface area contributed by atoms with E-state index in [4.69, 9.17) is 4.74 Å². The van der Waals surface area contributed by atoms with E-state index < -0.39 is 0 Å². The Morgan fingerprint density at radius 2 is 2.14 bits per heavy atom. The van der Waals surface area contributed by atoms with Crippen molar-refractivity contribution in [2.45, 2.75) is 32.4 Å². The van der Waals surface area contributed by atoms with Crippen LogP contribution in [0.5, 0.6) is 0 Å². The zero-order chi connectivity index (χ0) is 15.6. The summed E-state index contributed by atoms with van der Waals surface area (Å²) < 4.78 is 7.16. The number of imidazole rings is 1. The highest BCUT2D eigenvalue weighted by molar-refractivity contribution is 5.91. The summed E-state index contributed by atoms with van der Waals surface area (Å²) in [5.41, 5.74) is 0. The number of amides is 2. The molecular weight excluding hydrogens is 272 g/mol. The van der Waals surface area contributed by atoms with E-state index in [2.05, 4.69) is 4.98 Å². The average Bonchev–Trinajstić information content (AvgIpc) is 3.06. The zero-order valence-corrected chi connectivity index (χ0v) is 12.9. The fourth-order valence-electron chi connectivity index (χ4n) is 2.29. The Morgan fingerprint density at radius 3 is 2.76 bits per heavy atom. The third-order valence-corrected chi connectivity index (χ3v) is 3.48. The van der Waals surface area contributed by atoms with Gasteiger partial charge >= 0.3 is 6.09 Å². The van der Waals surface area contributed by atoms with Gasteiger partial charge in [0.1, 0.15) is 6.10 Å². The molecular formula is C14H22N4O3. The van der Waals surface area contributed by atoms with Crippen molar-refractivity contribution in [3.8, 4) is 0 Å². The van der Waals surface area contributed by atoms with Gasteiger partial charge in [-0.2, -0.15) is 0 Å². The molecule has 2 amide bonds. The third-order valence-electron chi connectivity index (χ3n) is 3.48. The van der Waals surface area contributed by atoms with Crippen molar-refractivity contribution in [3.63, 3.8) is 0 Å². The molecule has 0 aromatic carbocycles. The highest BCUT2D eigenvalue weighted by Crippen LogP contribution is 2.17. The van der Waals surface area contributed by atoms with Crippen molar-refractivity contribution in [1.29, 1.82) is 0 Å². The number of carbonyl (C=O) groups excluding carboxylic acids is 2. The smallest absolute Gasteiger partial charge is 0.409 e. The second kappa shape index (κ2) is 6.15. The Kier molecular flexibility index (Phi) is 4.50. The predicted octanol–water partition coefficient (Wildman–Crippen LogP) is 1.38. The molecule has 1 aliphatic rings. The first-order valence-corrected chi connectivity index (χ1v) is 7.10. The van der Waals surface area contributed by atoms with Gasteiger partial charge in [0.15, 0.2) is 5.82 Å². The largest absolute Gasteiger partial charge is 0.444 e. The Labute approximate surface area is 124 Å². The molecule has 21 heavy (non-hydrogen) atoms. The fourth-order valence-corrected chi connectivity index (χ4v) is 2.29. The minimum absolute atomic E-state index is 0.114. The van der Waals surface area contributed by atoms with Gasteiger partial charge in [-0.25, -0.2) is 9.78 Å². The van der Waals surface area contributed by atoms with Crippen LogP contribution in [0, 0.1) is 0 Å². The van der Waals surface area contributed by atoms with Crippen LogP contribution >= 0.6 is 0 Å². The highest BCUT2D eigenvalue weighted by Gasteiger charge is 2.31. The number of hydrogen-bond donors (Lipinski definition) is 0. The van der Waals surface area contributed by atoms with Crippen molar-refractivity contribution >= 4 is 12.0 Å². The zero-order valence-electron chi connectivity index (χ0n) is 12.9. The molecule has 2 heterocycles. The van der Waals surface area contributed by atoms with Crippen LogP contribution in [0.2, 0.25) is 0 Å². The minimum atomic E-state index is -0.377. The van der Waals surface area contributed by atoms with Crippen LogP contribution in [0.25, 0.3) is 0 Å². The molecule has 1 aromatic rings. The van der Waals surface area contributed by atoms with Gasteiger partial charge in [-0.05, 0) is 13.8 Å². The van der Waals surface area contributed by atoms with Gasteiger partial charge < -0.3 is 19.1 Å². The van der Waals surface area contributed by atoms with Crippen molar-refractivity contribution in [2.24, 2.45) is 0 Å². The maximum atomic E-state index is 12.5. The van der Waals surface area contributed by atoms with Gasteiger partial charge in [0.2, 0.25) is 0 Å². The summed E-state index contributed by atoms with van der Waals surface area (Å²) in [6.07, 6.45) is 3.47. The molecule has 1 atom stereocenters. The lowest BCUT2D eigenvalue weighted by Gasteiger charge is -2.19. The summed E-state index contributed by atoms with van der Waals surface area (Å²) in [4.78, 5) is 31.2. The number of likely N-dealkylation sites (tertiary alicyclic amines) is 1. The molecule has 0 aliphatic carbocycles. The Bertz CT molecular complexity index is 524. The normalized spacial score (nSPS) is 18.1. The molecule has 1 unspecified atom stereocenters. The minimum Gasteiger partial charge on any atom is -0.444 e. The van der Waals surface area contributed by atoms with E-state index >= 15 is 0 Å². The summed E-state index contributed by atoms with van der Waals surface area (Å²) in [5.74, 6) is 0.321. The van der Waals surface area contributed by atoms with Crippen molar-refractivity contribution in [2.75, 3.05) is 27.2 Å². The molecule has 0 saturated carbocycles.